The second-order valence-electron chi connectivity index (χ2n) is 3.24. The first-order valence-corrected chi connectivity index (χ1v) is 5.39. The number of likely N-dealkylation sites (N-methyl/N-ethyl adjacent to an activating group) is 1. The molecule has 2 nitrogen and oxygen atoms in total. The predicted molar refractivity (Wildman–Crippen MR) is 62.6 cm³/mol. The molecular weight excluding hydrogens is 196 g/mol. The van der Waals surface area contributed by atoms with E-state index in [1.54, 1.807) is 0 Å². The van der Waals surface area contributed by atoms with Crippen LogP contribution < -0.4 is 0 Å². The van der Waals surface area contributed by atoms with E-state index in [-0.39, 0.29) is 5.92 Å². The lowest BCUT2D eigenvalue weighted by molar-refractivity contribution is 0.305. The van der Waals surface area contributed by atoms with Gasteiger partial charge in [-0.05, 0) is 12.5 Å². The van der Waals surface area contributed by atoms with Gasteiger partial charge in [0.15, 0.2) is 0 Å². The van der Waals surface area contributed by atoms with Crippen molar-refractivity contribution in [2.45, 2.75) is 26.8 Å². The molecule has 0 fully saturated rings. The number of halogens is 1. The van der Waals surface area contributed by atoms with E-state index in [0.29, 0.717) is 6.04 Å². The number of fused-ring (bicyclic) bond motifs is 1. The lowest BCUT2D eigenvalue weighted by Crippen LogP contribution is -2.29. The van der Waals surface area contributed by atoms with Crippen LogP contribution in [0.15, 0.2) is 27.9 Å². The van der Waals surface area contributed by atoms with E-state index in [4.69, 9.17) is 11.6 Å². The molecule has 2 aliphatic rings. The van der Waals surface area contributed by atoms with Gasteiger partial charge in [-0.1, -0.05) is 37.6 Å². The Morgan fingerprint density at radius 3 is 2.71 bits per heavy atom. The molecular formula is C11H17ClN2. The molecule has 0 N–H and O–H groups in total. The van der Waals surface area contributed by atoms with Crippen LogP contribution in [0, 0.1) is 5.92 Å². The summed E-state index contributed by atoms with van der Waals surface area (Å²) in [5.74, 6) is 0.279. The van der Waals surface area contributed by atoms with Gasteiger partial charge in [0.25, 0.3) is 0 Å². The molecule has 3 heteroatoms. The fourth-order valence-corrected chi connectivity index (χ4v) is 1.87. The summed E-state index contributed by atoms with van der Waals surface area (Å²) in [6.07, 6.45) is 6.13. The van der Waals surface area contributed by atoms with Gasteiger partial charge in [0, 0.05) is 18.3 Å². The van der Waals surface area contributed by atoms with Crippen molar-refractivity contribution < 1.29 is 0 Å². The van der Waals surface area contributed by atoms with Gasteiger partial charge >= 0.3 is 0 Å². The quantitative estimate of drug-likeness (QED) is 0.603. The minimum Gasteiger partial charge on any atom is -0.292 e. The molecule has 1 aliphatic carbocycles. The highest BCUT2D eigenvalue weighted by Gasteiger charge is 2.31. The number of allylic oxidation sites excluding steroid dienone is 2. The molecule has 0 radical (unpaired) electrons. The van der Waals surface area contributed by atoms with Crippen molar-refractivity contribution in [1.29, 1.82) is 0 Å². The highest BCUT2D eigenvalue weighted by molar-refractivity contribution is 6.31. The largest absolute Gasteiger partial charge is 0.292 e. The molecule has 1 aliphatic heterocycles. The number of hydrazone groups is 1. The second-order valence-corrected chi connectivity index (χ2v) is 3.65. The van der Waals surface area contributed by atoms with Crippen LogP contribution in [0.4, 0.5) is 0 Å². The van der Waals surface area contributed by atoms with Crippen LogP contribution in [0.5, 0.6) is 0 Å². The Bertz CT molecular complexity index is 292. The van der Waals surface area contributed by atoms with E-state index < -0.39 is 0 Å². The van der Waals surface area contributed by atoms with Crippen LogP contribution in [0.3, 0.4) is 0 Å². The Morgan fingerprint density at radius 1 is 1.43 bits per heavy atom. The third-order valence-corrected chi connectivity index (χ3v) is 2.97. The molecule has 0 spiro atoms. The van der Waals surface area contributed by atoms with Crippen molar-refractivity contribution in [2.75, 3.05) is 7.05 Å². The van der Waals surface area contributed by atoms with Gasteiger partial charge in [0.2, 0.25) is 0 Å². The average molecular weight is 213 g/mol. The molecule has 0 aromatic rings. The maximum Gasteiger partial charge on any atom is 0.0778 e. The van der Waals surface area contributed by atoms with Crippen LogP contribution >= 0.6 is 11.6 Å². The highest BCUT2D eigenvalue weighted by atomic mass is 35.5. The van der Waals surface area contributed by atoms with Crippen LogP contribution in [-0.4, -0.2) is 24.3 Å². The second kappa shape index (κ2) is 4.65. The molecule has 0 aromatic carbocycles. The third-order valence-electron chi connectivity index (χ3n) is 2.42. The molecule has 0 bridgehead atoms. The van der Waals surface area contributed by atoms with Crippen molar-refractivity contribution >= 4 is 17.8 Å². The molecule has 2 rings (SSSR count). The normalized spacial score (nSPS) is 28.8. The van der Waals surface area contributed by atoms with Crippen molar-refractivity contribution in [3.05, 3.63) is 22.8 Å². The Morgan fingerprint density at radius 2 is 2.07 bits per heavy atom. The van der Waals surface area contributed by atoms with Crippen LogP contribution in [0.1, 0.15) is 20.8 Å². The summed E-state index contributed by atoms with van der Waals surface area (Å²) in [4.78, 5) is 0. The van der Waals surface area contributed by atoms with E-state index in [2.05, 4.69) is 17.3 Å². The lowest BCUT2D eigenvalue weighted by Gasteiger charge is -2.24. The lowest BCUT2D eigenvalue weighted by atomic mass is 9.93. The van der Waals surface area contributed by atoms with Gasteiger partial charge < -0.3 is 0 Å². The first-order valence-electron chi connectivity index (χ1n) is 5.01. The molecule has 1 heterocycles. The summed E-state index contributed by atoms with van der Waals surface area (Å²) < 4.78 is 0. The van der Waals surface area contributed by atoms with E-state index >= 15 is 0 Å². The zero-order valence-electron chi connectivity index (χ0n) is 9.16. The number of hydrogen-bond donors (Lipinski definition) is 0. The number of hydrogen-bond acceptors (Lipinski definition) is 2. The summed E-state index contributed by atoms with van der Waals surface area (Å²) >= 11 is 6.14. The molecule has 0 saturated carbocycles. The van der Waals surface area contributed by atoms with Crippen LogP contribution in [0.25, 0.3) is 0 Å². The maximum absolute atomic E-state index is 6.14. The Kier molecular flexibility index (Phi) is 3.76. The van der Waals surface area contributed by atoms with Crippen molar-refractivity contribution in [3.63, 3.8) is 0 Å². The Hall–Kier alpha value is -0.760. The predicted octanol–water partition coefficient (Wildman–Crippen LogP) is 3.01. The van der Waals surface area contributed by atoms with Gasteiger partial charge in [0.05, 0.1) is 12.0 Å². The third kappa shape index (κ3) is 1.85. The molecule has 2 atom stereocenters. The Labute approximate surface area is 90.9 Å². The monoisotopic (exact) mass is 212 g/mol. The van der Waals surface area contributed by atoms with Crippen molar-refractivity contribution in [2.24, 2.45) is 11.0 Å². The van der Waals surface area contributed by atoms with Gasteiger partial charge in [-0.3, -0.25) is 5.01 Å². The first-order chi connectivity index (χ1) is 6.70. The van der Waals surface area contributed by atoms with E-state index in [1.165, 1.54) is 0 Å². The minimum absolute atomic E-state index is 0.279. The molecule has 0 amide bonds. The van der Waals surface area contributed by atoms with Crippen LogP contribution in [0.2, 0.25) is 0 Å². The van der Waals surface area contributed by atoms with Gasteiger partial charge in [-0.2, -0.15) is 5.10 Å². The average Bonchev–Trinajstić information content (AvgIpc) is 2.58. The minimum atomic E-state index is 0.279. The molecule has 2 unspecified atom stereocenters. The molecule has 0 saturated heterocycles. The topological polar surface area (TPSA) is 15.6 Å². The first kappa shape index (κ1) is 11.3. The van der Waals surface area contributed by atoms with Crippen molar-refractivity contribution in [1.82, 2.24) is 5.01 Å². The fraction of sp³-hybridized carbons (Fsp3) is 0.545. The summed E-state index contributed by atoms with van der Waals surface area (Å²) in [6.45, 7) is 6.03. The number of rotatable bonds is 0. The summed E-state index contributed by atoms with van der Waals surface area (Å²) in [6, 6.07) is 0.334. The summed E-state index contributed by atoms with van der Waals surface area (Å²) in [5.41, 5.74) is 1.15. The maximum atomic E-state index is 6.14. The zero-order chi connectivity index (χ0) is 10.7. The van der Waals surface area contributed by atoms with E-state index in [0.717, 1.165) is 10.6 Å². The standard InChI is InChI=1S/C9H11ClN2.C2H6/c1-6-3-4-8-7(9(6)10)5-11-12(8)2;1-2/h3-5,7-8H,1-2H3;1-2H3. The smallest absolute Gasteiger partial charge is 0.0778 e. The van der Waals surface area contributed by atoms with Gasteiger partial charge in [-0.15, -0.1) is 0 Å². The van der Waals surface area contributed by atoms with Crippen LogP contribution in [-0.2, 0) is 0 Å². The molecule has 0 aromatic heterocycles. The summed E-state index contributed by atoms with van der Waals surface area (Å²) in [5, 5.41) is 7.07. The number of nitrogens with zero attached hydrogens (tertiary/aromatic N) is 2. The SMILES string of the molecule is CC.CC1=C(Cl)C2C=NN(C)C2C=C1. The van der Waals surface area contributed by atoms with Gasteiger partial charge in [0.1, 0.15) is 0 Å². The van der Waals surface area contributed by atoms with E-state index in [1.807, 2.05) is 39.0 Å². The summed E-state index contributed by atoms with van der Waals surface area (Å²) in [7, 11) is 1.97. The fourth-order valence-electron chi connectivity index (χ4n) is 1.62. The van der Waals surface area contributed by atoms with Crippen molar-refractivity contribution in [3.8, 4) is 0 Å². The molecule has 78 valence electrons. The Balaban J connectivity index is 0.000000461. The zero-order valence-corrected chi connectivity index (χ0v) is 9.92. The van der Waals surface area contributed by atoms with E-state index in [9.17, 15) is 0 Å². The highest BCUT2D eigenvalue weighted by Crippen LogP contribution is 2.32. The van der Waals surface area contributed by atoms with Gasteiger partial charge in [-0.25, -0.2) is 0 Å². The molecule has 14 heavy (non-hydrogen) atoms.